The normalized spacial score (nSPS) is 12.2. The van der Waals surface area contributed by atoms with Crippen LogP contribution in [-0.2, 0) is 11.8 Å². The Hall–Kier alpha value is -0.150. The van der Waals surface area contributed by atoms with Gasteiger partial charge in [0.2, 0.25) is 0 Å². The maximum Gasteiger partial charge on any atom is 0.147 e. The van der Waals surface area contributed by atoms with E-state index in [1.807, 2.05) is 0 Å². The Morgan fingerprint density at radius 3 is 2.25 bits per heavy atom. The third-order valence-electron chi connectivity index (χ3n) is 2.16. The number of halogens is 2. The number of hydrogen-bond donors (Lipinski definition) is 0. The molecule has 16 heavy (non-hydrogen) atoms. The second kappa shape index (κ2) is 5.01. The van der Waals surface area contributed by atoms with Crippen molar-refractivity contribution in [1.82, 2.24) is 9.97 Å². The second-order valence-corrected chi connectivity index (χ2v) is 6.59. The van der Waals surface area contributed by atoms with Crippen molar-refractivity contribution in [2.45, 2.75) is 46.5 Å². The Labute approximate surface area is 111 Å². The standard InChI is InChI=1S/C12H18BrClN2/c1-7(2)6-8-15-10(12(3,4)5)9(13)11(14)16-8/h7H,6H2,1-5H3. The van der Waals surface area contributed by atoms with E-state index >= 15 is 0 Å². The number of rotatable bonds is 2. The minimum absolute atomic E-state index is 0.0306. The summed E-state index contributed by atoms with van der Waals surface area (Å²) >= 11 is 9.57. The van der Waals surface area contributed by atoms with Crippen molar-refractivity contribution in [3.05, 3.63) is 21.1 Å². The molecule has 1 aromatic rings. The Kier molecular flexibility index (Phi) is 4.35. The Balaban J connectivity index is 3.23. The summed E-state index contributed by atoms with van der Waals surface area (Å²) in [5.74, 6) is 1.36. The molecular formula is C12H18BrClN2. The van der Waals surface area contributed by atoms with Crippen LogP contribution in [0.2, 0.25) is 5.15 Å². The average Bonchev–Trinajstić information content (AvgIpc) is 2.08. The van der Waals surface area contributed by atoms with E-state index in [1.54, 1.807) is 0 Å². The average molecular weight is 306 g/mol. The molecule has 0 aliphatic carbocycles. The first-order valence-electron chi connectivity index (χ1n) is 5.44. The summed E-state index contributed by atoms with van der Waals surface area (Å²) in [6.07, 6.45) is 0.857. The molecule has 0 amide bonds. The SMILES string of the molecule is CC(C)Cc1nc(Cl)c(Br)c(C(C)(C)C)n1. The fourth-order valence-electron chi connectivity index (χ4n) is 1.42. The van der Waals surface area contributed by atoms with Gasteiger partial charge in [0.15, 0.2) is 0 Å². The van der Waals surface area contributed by atoms with E-state index in [0.717, 1.165) is 22.4 Å². The monoisotopic (exact) mass is 304 g/mol. The van der Waals surface area contributed by atoms with Crippen molar-refractivity contribution in [3.8, 4) is 0 Å². The summed E-state index contributed by atoms with van der Waals surface area (Å²) in [5, 5.41) is 0.510. The fraction of sp³-hybridized carbons (Fsp3) is 0.667. The van der Waals surface area contributed by atoms with Gasteiger partial charge in [0.25, 0.3) is 0 Å². The molecule has 0 saturated heterocycles. The number of hydrogen-bond acceptors (Lipinski definition) is 2. The molecule has 4 heteroatoms. The molecule has 0 atom stereocenters. The maximum absolute atomic E-state index is 6.11. The van der Waals surface area contributed by atoms with Gasteiger partial charge in [-0.15, -0.1) is 0 Å². The zero-order valence-corrected chi connectivity index (χ0v) is 12.8. The molecule has 0 aromatic carbocycles. The van der Waals surface area contributed by atoms with E-state index in [-0.39, 0.29) is 5.41 Å². The maximum atomic E-state index is 6.11. The van der Waals surface area contributed by atoms with Crippen molar-refractivity contribution in [2.24, 2.45) is 5.92 Å². The van der Waals surface area contributed by atoms with E-state index < -0.39 is 0 Å². The van der Waals surface area contributed by atoms with Gasteiger partial charge in [0.1, 0.15) is 11.0 Å². The molecule has 0 fully saturated rings. The molecule has 0 saturated carbocycles. The number of aromatic nitrogens is 2. The van der Waals surface area contributed by atoms with E-state index in [0.29, 0.717) is 11.1 Å². The van der Waals surface area contributed by atoms with Crippen molar-refractivity contribution < 1.29 is 0 Å². The van der Waals surface area contributed by atoms with Crippen LogP contribution in [0.25, 0.3) is 0 Å². The smallest absolute Gasteiger partial charge is 0.147 e. The van der Waals surface area contributed by atoms with Crippen LogP contribution in [0.1, 0.15) is 46.1 Å². The van der Waals surface area contributed by atoms with Crippen LogP contribution in [0.4, 0.5) is 0 Å². The lowest BCUT2D eigenvalue weighted by molar-refractivity contribution is 0.547. The topological polar surface area (TPSA) is 25.8 Å². The first kappa shape index (κ1) is 13.9. The molecule has 0 aliphatic heterocycles. The zero-order chi connectivity index (χ0) is 12.5. The van der Waals surface area contributed by atoms with Gasteiger partial charge in [-0.3, -0.25) is 0 Å². The van der Waals surface area contributed by atoms with Gasteiger partial charge in [-0.1, -0.05) is 46.2 Å². The Morgan fingerprint density at radius 2 is 1.81 bits per heavy atom. The van der Waals surface area contributed by atoms with E-state index in [9.17, 15) is 0 Å². The molecule has 90 valence electrons. The molecule has 0 unspecified atom stereocenters. The van der Waals surface area contributed by atoms with E-state index in [2.05, 4.69) is 60.5 Å². The molecule has 0 aliphatic rings. The fourth-order valence-corrected chi connectivity index (χ4v) is 2.38. The molecule has 2 nitrogen and oxygen atoms in total. The lowest BCUT2D eigenvalue weighted by Gasteiger charge is -2.20. The summed E-state index contributed by atoms with van der Waals surface area (Å²) in [7, 11) is 0. The van der Waals surface area contributed by atoms with Crippen LogP contribution in [0, 0.1) is 5.92 Å². The van der Waals surface area contributed by atoms with Gasteiger partial charge in [-0.2, -0.15) is 0 Å². The molecule has 1 aromatic heterocycles. The van der Waals surface area contributed by atoms with Gasteiger partial charge < -0.3 is 0 Å². The van der Waals surface area contributed by atoms with Crippen LogP contribution < -0.4 is 0 Å². The van der Waals surface area contributed by atoms with Gasteiger partial charge in [0.05, 0.1) is 10.2 Å². The van der Waals surface area contributed by atoms with Gasteiger partial charge >= 0.3 is 0 Å². The van der Waals surface area contributed by atoms with Crippen LogP contribution >= 0.6 is 27.5 Å². The van der Waals surface area contributed by atoms with Crippen LogP contribution in [-0.4, -0.2) is 9.97 Å². The largest absolute Gasteiger partial charge is 0.236 e. The van der Waals surface area contributed by atoms with Crippen molar-refractivity contribution in [3.63, 3.8) is 0 Å². The predicted molar refractivity (Wildman–Crippen MR) is 72.0 cm³/mol. The van der Waals surface area contributed by atoms with Crippen molar-refractivity contribution in [1.29, 1.82) is 0 Å². The van der Waals surface area contributed by atoms with Crippen molar-refractivity contribution >= 4 is 27.5 Å². The minimum atomic E-state index is -0.0306. The van der Waals surface area contributed by atoms with Crippen molar-refractivity contribution in [2.75, 3.05) is 0 Å². The highest BCUT2D eigenvalue weighted by Crippen LogP contribution is 2.32. The molecule has 0 N–H and O–H groups in total. The summed E-state index contributed by atoms with van der Waals surface area (Å²) in [6.45, 7) is 10.7. The molecule has 0 spiro atoms. The highest BCUT2D eigenvalue weighted by atomic mass is 79.9. The molecule has 1 heterocycles. The predicted octanol–water partition coefficient (Wildman–Crippen LogP) is 4.39. The zero-order valence-electron chi connectivity index (χ0n) is 10.4. The van der Waals surface area contributed by atoms with Crippen LogP contribution in [0.3, 0.4) is 0 Å². The van der Waals surface area contributed by atoms with Crippen LogP contribution in [0.5, 0.6) is 0 Å². The third-order valence-corrected chi connectivity index (χ3v) is 3.41. The highest BCUT2D eigenvalue weighted by molar-refractivity contribution is 9.10. The minimum Gasteiger partial charge on any atom is -0.236 e. The van der Waals surface area contributed by atoms with Gasteiger partial charge in [0, 0.05) is 11.8 Å². The molecule has 0 radical (unpaired) electrons. The number of nitrogens with zero attached hydrogens (tertiary/aromatic N) is 2. The second-order valence-electron chi connectivity index (χ2n) is 5.44. The lowest BCUT2D eigenvalue weighted by Crippen LogP contribution is -2.17. The lowest BCUT2D eigenvalue weighted by atomic mass is 9.92. The Morgan fingerprint density at radius 1 is 1.25 bits per heavy atom. The summed E-state index contributed by atoms with van der Waals surface area (Å²) < 4.78 is 0.814. The summed E-state index contributed by atoms with van der Waals surface area (Å²) in [6, 6.07) is 0. The molecule has 1 rings (SSSR count). The highest BCUT2D eigenvalue weighted by Gasteiger charge is 2.22. The summed E-state index contributed by atoms with van der Waals surface area (Å²) in [5.41, 5.74) is 0.945. The van der Waals surface area contributed by atoms with Gasteiger partial charge in [-0.25, -0.2) is 9.97 Å². The van der Waals surface area contributed by atoms with Crippen LogP contribution in [0.15, 0.2) is 4.47 Å². The first-order valence-corrected chi connectivity index (χ1v) is 6.61. The summed E-state index contributed by atoms with van der Waals surface area (Å²) in [4.78, 5) is 8.90. The Bertz CT molecular complexity index is 383. The molecule has 0 bridgehead atoms. The first-order chi connectivity index (χ1) is 7.21. The van der Waals surface area contributed by atoms with E-state index in [1.165, 1.54) is 0 Å². The third kappa shape index (κ3) is 3.42. The van der Waals surface area contributed by atoms with E-state index in [4.69, 9.17) is 11.6 Å². The quantitative estimate of drug-likeness (QED) is 0.757. The van der Waals surface area contributed by atoms with Gasteiger partial charge in [-0.05, 0) is 21.8 Å². The molecular weight excluding hydrogens is 288 g/mol.